The van der Waals surface area contributed by atoms with Crippen LogP contribution in [0.4, 0.5) is 5.69 Å². The van der Waals surface area contributed by atoms with E-state index in [2.05, 4.69) is 10.6 Å². The zero-order valence-electron chi connectivity index (χ0n) is 10.3. The number of carbonyl (C=O) groups is 2. The Morgan fingerprint density at radius 1 is 1.44 bits per heavy atom. The molecule has 2 atom stereocenters. The number of hydrogen-bond donors (Lipinski definition) is 3. The molecule has 18 heavy (non-hydrogen) atoms. The van der Waals surface area contributed by atoms with Gasteiger partial charge >= 0.3 is 0 Å². The Labute approximate surface area is 106 Å². The average molecular weight is 247 g/mol. The predicted octanol–water partition coefficient (Wildman–Crippen LogP) is 0.725. The van der Waals surface area contributed by atoms with Gasteiger partial charge in [0.05, 0.1) is 6.04 Å². The first-order valence-electron chi connectivity index (χ1n) is 6.01. The lowest BCUT2D eigenvalue weighted by Crippen LogP contribution is -2.42. The Kier molecular flexibility index (Phi) is 3.50. The smallest absolute Gasteiger partial charge is 0.243 e. The van der Waals surface area contributed by atoms with E-state index in [0.717, 1.165) is 5.56 Å². The SMILES string of the molecule is CC(NC(=O)[C@H]1CCC(=O)N1)c1ccc(N)cc1. The highest BCUT2D eigenvalue weighted by Crippen LogP contribution is 2.15. The van der Waals surface area contributed by atoms with Gasteiger partial charge in [-0.25, -0.2) is 0 Å². The van der Waals surface area contributed by atoms with Crippen LogP contribution in [-0.2, 0) is 9.59 Å². The van der Waals surface area contributed by atoms with Crippen LogP contribution in [-0.4, -0.2) is 17.9 Å². The molecule has 2 rings (SSSR count). The van der Waals surface area contributed by atoms with Gasteiger partial charge in [-0.3, -0.25) is 9.59 Å². The third-order valence-corrected chi connectivity index (χ3v) is 3.11. The summed E-state index contributed by atoms with van der Waals surface area (Å²) in [6.07, 6.45) is 0.994. The van der Waals surface area contributed by atoms with Crippen molar-refractivity contribution < 1.29 is 9.59 Å². The fourth-order valence-electron chi connectivity index (χ4n) is 1.99. The van der Waals surface area contributed by atoms with Gasteiger partial charge in [-0.2, -0.15) is 0 Å². The summed E-state index contributed by atoms with van der Waals surface area (Å²) in [7, 11) is 0. The van der Waals surface area contributed by atoms with Crippen molar-refractivity contribution in [1.82, 2.24) is 10.6 Å². The number of amides is 2. The minimum atomic E-state index is -0.395. The summed E-state index contributed by atoms with van der Waals surface area (Å²) >= 11 is 0. The highest BCUT2D eigenvalue weighted by atomic mass is 16.2. The Balaban J connectivity index is 1.94. The van der Waals surface area contributed by atoms with Crippen molar-refractivity contribution in [2.45, 2.75) is 31.8 Å². The Morgan fingerprint density at radius 2 is 2.11 bits per heavy atom. The maximum atomic E-state index is 11.9. The summed E-state index contributed by atoms with van der Waals surface area (Å²) in [5, 5.41) is 5.53. The first-order chi connectivity index (χ1) is 8.56. The monoisotopic (exact) mass is 247 g/mol. The molecule has 1 aromatic rings. The molecule has 1 unspecified atom stereocenters. The number of rotatable bonds is 3. The van der Waals surface area contributed by atoms with Crippen molar-refractivity contribution in [1.29, 1.82) is 0 Å². The third-order valence-electron chi connectivity index (χ3n) is 3.11. The summed E-state index contributed by atoms with van der Waals surface area (Å²) in [6, 6.07) is 6.87. The molecule has 5 nitrogen and oxygen atoms in total. The lowest BCUT2D eigenvalue weighted by molar-refractivity contribution is -0.126. The van der Waals surface area contributed by atoms with Gasteiger partial charge in [-0.05, 0) is 31.0 Å². The number of benzene rings is 1. The normalized spacial score (nSPS) is 20.3. The van der Waals surface area contributed by atoms with E-state index < -0.39 is 6.04 Å². The van der Waals surface area contributed by atoms with E-state index >= 15 is 0 Å². The fraction of sp³-hybridized carbons (Fsp3) is 0.385. The van der Waals surface area contributed by atoms with Crippen LogP contribution in [0.25, 0.3) is 0 Å². The molecule has 5 heteroatoms. The topological polar surface area (TPSA) is 84.2 Å². The lowest BCUT2D eigenvalue weighted by atomic mass is 10.1. The van der Waals surface area contributed by atoms with Crippen LogP contribution in [0.1, 0.15) is 31.4 Å². The van der Waals surface area contributed by atoms with Gasteiger partial charge in [0.2, 0.25) is 11.8 Å². The van der Waals surface area contributed by atoms with Gasteiger partial charge in [0.15, 0.2) is 0 Å². The second-order valence-corrected chi connectivity index (χ2v) is 4.56. The molecule has 0 aromatic heterocycles. The van der Waals surface area contributed by atoms with E-state index in [1.54, 1.807) is 12.1 Å². The van der Waals surface area contributed by atoms with E-state index in [0.29, 0.717) is 18.5 Å². The number of nitrogens with one attached hydrogen (secondary N) is 2. The van der Waals surface area contributed by atoms with Crippen molar-refractivity contribution in [2.75, 3.05) is 5.73 Å². The quantitative estimate of drug-likeness (QED) is 0.688. The van der Waals surface area contributed by atoms with Gasteiger partial charge in [-0.1, -0.05) is 12.1 Å². The molecule has 1 heterocycles. The minimum absolute atomic E-state index is 0.0599. The fourth-order valence-corrected chi connectivity index (χ4v) is 1.99. The van der Waals surface area contributed by atoms with Crippen molar-refractivity contribution >= 4 is 17.5 Å². The maximum Gasteiger partial charge on any atom is 0.243 e. The Hall–Kier alpha value is -2.04. The van der Waals surface area contributed by atoms with E-state index in [9.17, 15) is 9.59 Å². The summed E-state index contributed by atoms with van der Waals surface area (Å²) in [5.74, 6) is -0.194. The summed E-state index contributed by atoms with van der Waals surface area (Å²) in [6.45, 7) is 1.90. The van der Waals surface area contributed by atoms with Crippen LogP contribution in [0.15, 0.2) is 24.3 Å². The molecule has 1 aliphatic heterocycles. The molecule has 4 N–H and O–H groups in total. The Bertz CT molecular complexity index is 456. The number of nitrogen functional groups attached to an aromatic ring is 1. The Morgan fingerprint density at radius 3 is 2.67 bits per heavy atom. The molecule has 1 saturated heterocycles. The molecular formula is C13H17N3O2. The standard InChI is InChI=1S/C13H17N3O2/c1-8(9-2-4-10(14)5-3-9)15-13(18)11-6-7-12(17)16-11/h2-5,8,11H,6-7,14H2,1H3,(H,15,18)(H,16,17)/t8?,11-/m1/s1. The van der Waals surface area contributed by atoms with Crippen molar-refractivity contribution in [3.8, 4) is 0 Å². The van der Waals surface area contributed by atoms with E-state index in [-0.39, 0.29) is 17.9 Å². The zero-order valence-corrected chi connectivity index (χ0v) is 10.3. The molecule has 1 aliphatic rings. The summed E-state index contributed by atoms with van der Waals surface area (Å²) < 4.78 is 0. The number of hydrogen-bond acceptors (Lipinski definition) is 3. The van der Waals surface area contributed by atoms with Crippen molar-refractivity contribution in [3.05, 3.63) is 29.8 Å². The van der Waals surface area contributed by atoms with Gasteiger partial charge in [0.25, 0.3) is 0 Å². The van der Waals surface area contributed by atoms with Crippen LogP contribution in [0.2, 0.25) is 0 Å². The minimum Gasteiger partial charge on any atom is -0.399 e. The molecule has 0 spiro atoms. The molecule has 0 aliphatic carbocycles. The van der Waals surface area contributed by atoms with Crippen LogP contribution < -0.4 is 16.4 Å². The molecule has 0 bridgehead atoms. The maximum absolute atomic E-state index is 11.9. The summed E-state index contributed by atoms with van der Waals surface area (Å²) in [4.78, 5) is 22.9. The van der Waals surface area contributed by atoms with Gasteiger partial charge in [0.1, 0.15) is 6.04 Å². The molecule has 0 radical (unpaired) electrons. The lowest BCUT2D eigenvalue weighted by Gasteiger charge is -2.17. The highest BCUT2D eigenvalue weighted by molar-refractivity contribution is 5.90. The van der Waals surface area contributed by atoms with Crippen molar-refractivity contribution in [3.63, 3.8) is 0 Å². The predicted molar refractivity (Wildman–Crippen MR) is 68.6 cm³/mol. The third kappa shape index (κ3) is 2.80. The molecule has 1 aromatic carbocycles. The second kappa shape index (κ2) is 5.08. The molecule has 0 saturated carbocycles. The first kappa shape index (κ1) is 12.4. The van der Waals surface area contributed by atoms with Crippen LogP contribution in [0, 0.1) is 0 Å². The van der Waals surface area contributed by atoms with E-state index in [1.807, 2.05) is 19.1 Å². The first-order valence-corrected chi connectivity index (χ1v) is 6.01. The number of carbonyl (C=O) groups excluding carboxylic acids is 2. The van der Waals surface area contributed by atoms with Gasteiger partial charge < -0.3 is 16.4 Å². The zero-order chi connectivity index (χ0) is 13.1. The molecule has 96 valence electrons. The van der Waals surface area contributed by atoms with Crippen LogP contribution in [0.3, 0.4) is 0 Å². The molecule has 2 amide bonds. The number of nitrogens with two attached hydrogens (primary N) is 1. The molecular weight excluding hydrogens is 230 g/mol. The van der Waals surface area contributed by atoms with E-state index in [4.69, 9.17) is 5.73 Å². The average Bonchev–Trinajstić information content (AvgIpc) is 2.76. The summed E-state index contributed by atoms with van der Waals surface area (Å²) in [5.41, 5.74) is 7.29. The molecule has 1 fully saturated rings. The van der Waals surface area contributed by atoms with Crippen LogP contribution >= 0.6 is 0 Å². The number of anilines is 1. The largest absolute Gasteiger partial charge is 0.399 e. The van der Waals surface area contributed by atoms with E-state index in [1.165, 1.54) is 0 Å². The highest BCUT2D eigenvalue weighted by Gasteiger charge is 2.27. The van der Waals surface area contributed by atoms with Gasteiger partial charge in [-0.15, -0.1) is 0 Å². The van der Waals surface area contributed by atoms with Crippen molar-refractivity contribution in [2.24, 2.45) is 0 Å². The second-order valence-electron chi connectivity index (χ2n) is 4.56. The van der Waals surface area contributed by atoms with Crippen LogP contribution in [0.5, 0.6) is 0 Å². The van der Waals surface area contributed by atoms with Gasteiger partial charge in [0, 0.05) is 12.1 Å².